The van der Waals surface area contributed by atoms with Crippen LogP contribution in [0.3, 0.4) is 0 Å². The maximum atomic E-state index is 11.1. The third kappa shape index (κ3) is 2.74. The molecular weight excluding hydrogens is 308 g/mol. The summed E-state index contributed by atoms with van der Waals surface area (Å²) in [6.45, 7) is 0. The minimum absolute atomic E-state index is 0.168. The lowest BCUT2D eigenvalue weighted by atomic mass is 10.2. The number of furan rings is 1. The Labute approximate surface area is 127 Å². The molecule has 0 aliphatic heterocycles. The topological polar surface area (TPSA) is 115 Å². The molecule has 0 fully saturated rings. The summed E-state index contributed by atoms with van der Waals surface area (Å²) >= 11 is 1.03. The van der Waals surface area contributed by atoms with Crippen LogP contribution in [-0.2, 0) is 0 Å². The van der Waals surface area contributed by atoms with Gasteiger partial charge in [-0.3, -0.25) is 20.0 Å². The van der Waals surface area contributed by atoms with Gasteiger partial charge in [0.05, 0.1) is 16.1 Å². The normalized spacial score (nSPS) is 10.5. The van der Waals surface area contributed by atoms with Crippen molar-refractivity contribution < 1.29 is 14.1 Å². The molecule has 2 aromatic heterocycles. The van der Waals surface area contributed by atoms with Gasteiger partial charge in [-0.1, -0.05) is 6.07 Å². The van der Waals surface area contributed by atoms with Crippen molar-refractivity contribution in [1.82, 2.24) is 15.2 Å². The molecule has 0 amide bonds. The Morgan fingerprint density at radius 3 is 2.91 bits per heavy atom. The molecular formula is C13H8N4O4S. The number of rotatable bonds is 5. The van der Waals surface area contributed by atoms with Gasteiger partial charge < -0.3 is 4.42 Å². The second-order valence-electron chi connectivity index (χ2n) is 4.15. The minimum Gasteiger partial charge on any atom is -0.461 e. The van der Waals surface area contributed by atoms with Gasteiger partial charge in [0.1, 0.15) is 6.29 Å². The fourth-order valence-electron chi connectivity index (χ4n) is 1.75. The van der Waals surface area contributed by atoms with Gasteiger partial charge in [-0.15, -0.1) is 5.10 Å². The predicted octanol–water partition coefficient (Wildman–Crippen LogP) is 2.94. The number of hydrogen-bond acceptors (Lipinski definition) is 7. The Bertz CT molecular complexity index is 828. The molecule has 9 heteroatoms. The average Bonchev–Trinajstić information content (AvgIpc) is 3.18. The molecule has 3 rings (SSSR count). The van der Waals surface area contributed by atoms with Crippen molar-refractivity contribution in [3.05, 3.63) is 52.3 Å². The summed E-state index contributed by atoms with van der Waals surface area (Å²) in [6, 6.07) is 7.65. The predicted molar refractivity (Wildman–Crippen MR) is 76.7 cm³/mol. The van der Waals surface area contributed by atoms with E-state index in [-0.39, 0.29) is 11.3 Å². The number of nitrogens with one attached hydrogen (secondary N) is 1. The van der Waals surface area contributed by atoms with Crippen LogP contribution in [0.5, 0.6) is 0 Å². The number of carbonyl (C=O) groups is 1. The van der Waals surface area contributed by atoms with Crippen molar-refractivity contribution in [1.29, 1.82) is 0 Å². The molecule has 2 heterocycles. The van der Waals surface area contributed by atoms with E-state index in [0.29, 0.717) is 27.9 Å². The van der Waals surface area contributed by atoms with Gasteiger partial charge >= 0.3 is 0 Å². The van der Waals surface area contributed by atoms with E-state index in [9.17, 15) is 14.9 Å². The highest BCUT2D eigenvalue weighted by atomic mass is 32.2. The van der Waals surface area contributed by atoms with E-state index in [1.807, 2.05) is 0 Å². The van der Waals surface area contributed by atoms with Crippen LogP contribution in [0.15, 0.2) is 51.1 Å². The number of carbonyl (C=O) groups excluding carboxylic acids is 1. The summed E-state index contributed by atoms with van der Waals surface area (Å²) in [5, 5.41) is 18.1. The third-order valence-electron chi connectivity index (χ3n) is 2.74. The minimum atomic E-state index is -0.546. The molecule has 1 aromatic carbocycles. The zero-order valence-corrected chi connectivity index (χ0v) is 11.7. The number of nitro benzene ring substituents is 1. The van der Waals surface area contributed by atoms with E-state index < -0.39 is 4.92 Å². The zero-order valence-electron chi connectivity index (χ0n) is 10.9. The standard InChI is InChI=1S/C13H8N4O4S/c18-7-8-3-4-11(9(6-8)17(19)20)22-13-14-12(15-16-13)10-2-1-5-21-10/h1-7H,(H,14,15,16). The molecule has 0 spiro atoms. The largest absolute Gasteiger partial charge is 0.461 e. The zero-order chi connectivity index (χ0) is 15.5. The number of aldehydes is 1. The first kappa shape index (κ1) is 14.0. The highest BCUT2D eigenvalue weighted by Gasteiger charge is 2.18. The van der Waals surface area contributed by atoms with Crippen LogP contribution in [0.2, 0.25) is 0 Å². The fraction of sp³-hybridized carbons (Fsp3) is 0. The number of aromatic nitrogens is 3. The molecule has 8 nitrogen and oxygen atoms in total. The number of H-pyrrole nitrogens is 1. The van der Waals surface area contributed by atoms with Gasteiger partial charge in [0.15, 0.2) is 11.6 Å². The molecule has 0 unspecified atom stereocenters. The molecule has 1 N–H and O–H groups in total. The Balaban J connectivity index is 1.90. The molecule has 0 aliphatic rings. The van der Waals surface area contributed by atoms with Crippen LogP contribution >= 0.6 is 11.8 Å². The first-order chi connectivity index (χ1) is 10.7. The fourth-order valence-corrected chi connectivity index (χ4v) is 2.55. The Morgan fingerprint density at radius 2 is 2.23 bits per heavy atom. The van der Waals surface area contributed by atoms with Crippen LogP contribution in [0.1, 0.15) is 10.4 Å². The molecule has 0 saturated heterocycles. The third-order valence-corrected chi connectivity index (χ3v) is 3.67. The van der Waals surface area contributed by atoms with Crippen molar-refractivity contribution in [2.75, 3.05) is 0 Å². The van der Waals surface area contributed by atoms with Crippen LogP contribution in [0.25, 0.3) is 11.6 Å². The summed E-state index contributed by atoms with van der Waals surface area (Å²) in [6.07, 6.45) is 2.07. The molecule has 3 aromatic rings. The van der Waals surface area contributed by atoms with E-state index in [1.54, 1.807) is 12.1 Å². The number of aromatic amines is 1. The molecule has 0 bridgehead atoms. The molecule has 0 aliphatic carbocycles. The van der Waals surface area contributed by atoms with Crippen LogP contribution in [0, 0.1) is 10.1 Å². The van der Waals surface area contributed by atoms with E-state index >= 15 is 0 Å². The van der Waals surface area contributed by atoms with E-state index in [1.165, 1.54) is 24.5 Å². The summed E-state index contributed by atoms with van der Waals surface area (Å²) in [5.74, 6) is 0.949. The first-order valence-corrected chi connectivity index (χ1v) is 6.87. The lowest BCUT2D eigenvalue weighted by molar-refractivity contribution is -0.387. The number of nitro groups is 1. The smallest absolute Gasteiger partial charge is 0.284 e. The maximum absolute atomic E-state index is 11.1. The summed E-state index contributed by atoms with van der Waals surface area (Å²) < 4.78 is 5.19. The Hall–Kier alpha value is -2.94. The number of benzene rings is 1. The summed E-state index contributed by atoms with van der Waals surface area (Å²) in [4.78, 5) is 25.8. The van der Waals surface area contributed by atoms with E-state index in [0.717, 1.165) is 11.8 Å². The maximum Gasteiger partial charge on any atom is 0.284 e. The van der Waals surface area contributed by atoms with Crippen LogP contribution in [-0.4, -0.2) is 26.4 Å². The van der Waals surface area contributed by atoms with Crippen LogP contribution < -0.4 is 0 Å². The van der Waals surface area contributed by atoms with E-state index in [2.05, 4.69) is 15.2 Å². The average molecular weight is 316 g/mol. The SMILES string of the molecule is O=Cc1ccc(Sc2n[nH]c(-c3ccco3)n2)c([N+](=O)[O-])c1. The first-order valence-electron chi connectivity index (χ1n) is 6.05. The molecule has 110 valence electrons. The summed E-state index contributed by atoms with van der Waals surface area (Å²) in [7, 11) is 0. The highest BCUT2D eigenvalue weighted by Crippen LogP contribution is 2.34. The van der Waals surface area contributed by atoms with Gasteiger partial charge in [0.25, 0.3) is 5.69 Å². The quantitative estimate of drug-likeness (QED) is 0.437. The Morgan fingerprint density at radius 1 is 1.36 bits per heavy atom. The number of hydrogen-bond donors (Lipinski definition) is 1. The monoisotopic (exact) mass is 316 g/mol. The van der Waals surface area contributed by atoms with Gasteiger partial charge in [-0.25, -0.2) is 0 Å². The molecule has 22 heavy (non-hydrogen) atoms. The van der Waals surface area contributed by atoms with Crippen LogP contribution in [0.4, 0.5) is 5.69 Å². The Kier molecular flexibility index (Phi) is 3.71. The lowest BCUT2D eigenvalue weighted by Gasteiger charge is -2.00. The van der Waals surface area contributed by atoms with Crippen molar-refractivity contribution in [3.8, 4) is 11.6 Å². The van der Waals surface area contributed by atoms with Gasteiger partial charge in [-0.2, -0.15) is 4.98 Å². The molecule has 0 saturated carbocycles. The lowest BCUT2D eigenvalue weighted by Crippen LogP contribution is -1.93. The van der Waals surface area contributed by atoms with Gasteiger partial charge in [0, 0.05) is 11.6 Å². The number of nitrogens with zero attached hydrogens (tertiary/aromatic N) is 3. The van der Waals surface area contributed by atoms with Gasteiger partial charge in [0.2, 0.25) is 5.16 Å². The van der Waals surface area contributed by atoms with Crippen molar-refractivity contribution in [3.63, 3.8) is 0 Å². The van der Waals surface area contributed by atoms with Gasteiger partial charge in [-0.05, 0) is 30.0 Å². The van der Waals surface area contributed by atoms with Crippen molar-refractivity contribution >= 4 is 23.7 Å². The second kappa shape index (κ2) is 5.82. The van der Waals surface area contributed by atoms with E-state index in [4.69, 9.17) is 4.42 Å². The molecule has 0 radical (unpaired) electrons. The van der Waals surface area contributed by atoms with Crippen molar-refractivity contribution in [2.24, 2.45) is 0 Å². The molecule has 0 atom stereocenters. The highest BCUT2D eigenvalue weighted by molar-refractivity contribution is 7.99. The second-order valence-corrected chi connectivity index (χ2v) is 5.16. The van der Waals surface area contributed by atoms with Crippen molar-refractivity contribution in [2.45, 2.75) is 10.1 Å². The summed E-state index contributed by atoms with van der Waals surface area (Å²) in [5.41, 5.74) is 0.0706.